The number of carbonyl (C=O) groups is 2. The van der Waals surface area contributed by atoms with Crippen molar-refractivity contribution in [3.63, 3.8) is 0 Å². The summed E-state index contributed by atoms with van der Waals surface area (Å²) in [5.41, 5.74) is 0.721. The second-order valence-electron chi connectivity index (χ2n) is 4.48. The van der Waals surface area contributed by atoms with Crippen molar-refractivity contribution in [2.75, 3.05) is 5.32 Å². The number of nitrogens with one attached hydrogen (secondary N) is 2. The minimum absolute atomic E-state index is 0.124. The first-order valence-electron chi connectivity index (χ1n) is 5.94. The van der Waals surface area contributed by atoms with E-state index in [1.165, 1.54) is 0 Å². The van der Waals surface area contributed by atoms with Crippen molar-refractivity contribution < 1.29 is 14.7 Å². The Labute approximate surface area is 120 Å². The Hall–Kier alpha value is -1.56. The Balaban J connectivity index is 2.48. The SMILES string of the molecule is CC(CC(C)C(=O)Nc1ccc(Br)cc1)NC(=O)O. The Kier molecular flexibility index (Phi) is 5.82. The standard InChI is InChI=1S/C13H17BrN2O3/c1-8(7-9(2)15-13(18)19)12(17)16-11-5-3-10(14)4-6-11/h3-6,8-9,15H,7H2,1-2H3,(H,16,17)(H,18,19). The molecule has 1 rings (SSSR count). The van der Waals surface area contributed by atoms with Gasteiger partial charge in [0.2, 0.25) is 5.91 Å². The Morgan fingerprint density at radius 2 is 1.84 bits per heavy atom. The first-order valence-corrected chi connectivity index (χ1v) is 6.73. The maximum Gasteiger partial charge on any atom is 0.404 e. The van der Waals surface area contributed by atoms with Gasteiger partial charge < -0.3 is 15.7 Å². The summed E-state index contributed by atoms with van der Waals surface area (Å²) in [6, 6.07) is 7.02. The molecule has 5 nitrogen and oxygen atoms in total. The van der Waals surface area contributed by atoms with Gasteiger partial charge in [0.15, 0.2) is 0 Å². The number of carboxylic acid groups (broad SMARTS) is 1. The van der Waals surface area contributed by atoms with Crippen LogP contribution in [0, 0.1) is 5.92 Å². The minimum atomic E-state index is -1.08. The van der Waals surface area contributed by atoms with Gasteiger partial charge in [0, 0.05) is 22.1 Å². The van der Waals surface area contributed by atoms with Gasteiger partial charge in [-0.05, 0) is 37.6 Å². The molecule has 1 aromatic rings. The van der Waals surface area contributed by atoms with Crippen LogP contribution in [-0.4, -0.2) is 23.1 Å². The molecule has 1 aromatic carbocycles. The van der Waals surface area contributed by atoms with Gasteiger partial charge in [0.05, 0.1) is 0 Å². The Morgan fingerprint density at radius 3 is 2.37 bits per heavy atom. The van der Waals surface area contributed by atoms with Gasteiger partial charge in [-0.1, -0.05) is 22.9 Å². The fourth-order valence-corrected chi connectivity index (χ4v) is 1.97. The van der Waals surface area contributed by atoms with Crippen LogP contribution < -0.4 is 10.6 Å². The lowest BCUT2D eigenvalue weighted by atomic mass is 10.0. The van der Waals surface area contributed by atoms with Crippen molar-refractivity contribution in [2.24, 2.45) is 5.92 Å². The van der Waals surface area contributed by atoms with Gasteiger partial charge in [0.25, 0.3) is 0 Å². The normalized spacial score (nSPS) is 13.4. The predicted molar refractivity (Wildman–Crippen MR) is 77.2 cm³/mol. The number of hydrogen-bond acceptors (Lipinski definition) is 2. The summed E-state index contributed by atoms with van der Waals surface area (Å²) in [7, 11) is 0. The number of amides is 2. The summed E-state index contributed by atoms with van der Waals surface area (Å²) in [6.07, 6.45) is -0.623. The van der Waals surface area contributed by atoms with E-state index in [2.05, 4.69) is 26.6 Å². The Morgan fingerprint density at radius 1 is 1.26 bits per heavy atom. The fraction of sp³-hybridized carbons (Fsp3) is 0.385. The summed E-state index contributed by atoms with van der Waals surface area (Å²) in [6.45, 7) is 3.51. The topological polar surface area (TPSA) is 78.4 Å². The zero-order valence-corrected chi connectivity index (χ0v) is 12.4. The molecule has 0 heterocycles. The summed E-state index contributed by atoms with van der Waals surface area (Å²) < 4.78 is 0.942. The summed E-state index contributed by atoms with van der Waals surface area (Å²) in [5, 5.41) is 13.7. The molecule has 0 radical (unpaired) electrons. The van der Waals surface area contributed by atoms with Crippen LogP contribution in [0.4, 0.5) is 10.5 Å². The highest BCUT2D eigenvalue weighted by atomic mass is 79.9. The lowest BCUT2D eigenvalue weighted by Gasteiger charge is -2.17. The van der Waals surface area contributed by atoms with E-state index in [1.807, 2.05) is 12.1 Å². The summed E-state index contributed by atoms with van der Waals surface area (Å²) in [4.78, 5) is 22.4. The molecular formula is C13H17BrN2O3. The molecule has 0 saturated carbocycles. The van der Waals surface area contributed by atoms with Crippen molar-refractivity contribution in [1.29, 1.82) is 0 Å². The molecule has 0 aliphatic carbocycles. The molecule has 0 fully saturated rings. The van der Waals surface area contributed by atoms with E-state index >= 15 is 0 Å². The number of carbonyl (C=O) groups excluding carboxylic acids is 1. The molecular weight excluding hydrogens is 312 g/mol. The monoisotopic (exact) mass is 328 g/mol. The number of benzene rings is 1. The molecule has 2 unspecified atom stereocenters. The summed E-state index contributed by atoms with van der Waals surface area (Å²) in [5.74, 6) is -0.396. The molecule has 104 valence electrons. The zero-order valence-electron chi connectivity index (χ0n) is 10.8. The molecule has 3 N–H and O–H groups in total. The van der Waals surface area contributed by atoms with Crippen LogP contribution in [0.5, 0.6) is 0 Å². The summed E-state index contributed by atoms with van der Waals surface area (Å²) >= 11 is 3.32. The third kappa shape index (κ3) is 5.74. The molecule has 0 saturated heterocycles. The van der Waals surface area contributed by atoms with Gasteiger partial charge in [-0.15, -0.1) is 0 Å². The molecule has 0 aliphatic rings. The largest absolute Gasteiger partial charge is 0.465 e. The first-order chi connectivity index (χ1) is 8.88. The predicted octanol–water partition coefficient (Wildman–Crippen LogP) is 3.07. The van der Waals surface area contributed by atoms with Crippen LogP contribution in [-0.2, 0) is 4.79 Å². The van der Waals surface area contributed by atoms with Crippen LogP contribution in [0.3, 0.4) is 0 Å². The Bertz CT molecular complexity index is 448. The van der Waals surface area contributed by atoms with Gasteiger partial charge >= 0.3 is 6.09 Å². The lowest BCUT2D eigenvalue weighted by Crippen LogP contribution is -2.34. The highest BCUT2D eigenvalue weighted by molar-refractivity contribution is 9.10. The van der Waals surface area contributed by atoms with Crippen molar-refractivity contribution in [3.05, 3.63) is 28.7 Å². The third-order valence-electron chi connectivity index (χ3n) is 2.64. The minimum Gasteiger partial charge on any atom is -0.465 e. The molecule has 6 heteroatoms. The number of rotatable bonds is 5. The average Bonchev–Trinajstić information content (AvgIpc) is 2.30. The smallest absolute Gasteiger partial charge is 0.404 e. The van der Waals surface area contributed by atoms with Crippen LogP contribution in [0.2, 0.25) is 0 Å². The maximum atomic E-state index is 11.9. The zero-order chi connectivity index (χ0) is 14.4. The van der Waals surface area contributed by atoms with Crippen molar-refractivity contribution >= 4 is 33.6 Å². The van der Waals surface area contributed by atoms with E-state index in [4.69, 9.17) is 5.11 Å². The van der Waals surface area contributed by atoms with Crippen LogP contribution in [0.25, 0.3) is 0 Å². The van der Waals surface area contributed by atoms with Crippen LogP contribution in [0.1, 0.15) is 20.3 Å². The number of halogens is 1. The highest BCUT2D eigenvalue weighted by Crippen LogP contribution is 2.16. The van der Waals surface area contributed by atoms with E-state index in [1.54, 1.807) is 26.0 Å². The molecule has 0 bridgehead atoms. The van der Waals surface area contributed by atoms with Crippen molar-refractivity contribution in [1.82, 2.24) is 5.32 Å². The lowest BCUT2D eigenvalue weighted by molar-refractivity contribution is -0.119. The van der Waals surface area contributed by atoms with E-state index in [0.29, 0.717) is 6.42 Å². The third-order valence-corrected chi connectivity index (χ3v) is 3.16. The van der Waals surface area contributed by atoms with Crippen molar-refractivity contribution in [3.8, 4) is 0 Å². The molecule has 2 atom stereocenters. The maximum absolute atomic E-state index is 11.9. The highest BCUT2D eigenvalue weighted by Gasteiger charge is 2.17. The van der Waals surface area contributed by atoms with E-state index in [0.717, 1.165) is 10.2 Å². The van der Waals surface area contributed by atoms with Crippen molar-refractivity contribution in [2.45, 2.75) is 26.3 Å². The quantitative estimate of drug-likeness (QED) is 0.777. The second-order valence-corrected chi connectivity index (χ2v) is 5.40. The van der Waals surface area contributed by atoms with Gasteiger partial charge in [-0.3, -0.25) is 4.79 Å². The van der Waals surface area contributed by atoms with E-state index in [9.17, 15) is 9.59 Å². The molecule has 19 heavy (non-hydrogen) atoms. The van der Waals surface area contributed by atoms with Crippen LogP contribution in [0.15, 0.2) is 28.7 Å². The molecule has 0 aromatic heterocycles. The van der Waals surface area contributed by atoms with Crippen LogP contribution >= 0.6 is 15.9 Å². The van der Waals surface area contributed by atoms with Gasteiger partial charge in [-0.2, -0.15) is 0 Å². The van der Waals surface area contributed by atoms with E-state index in [-0.39, 0.29) is 17.9 Å². The molecule has 0 aliphatic heterocycles. The number of anilines is 1. The average molecular weight is 329 g/mol. The number of hydrogen-bond donors (Lipinski definition) is 3. The fourth-order valence-electron chi connectivity index (χ4n) is 1.71. The second kappa shape index (κ2) is 7.13. The molecule has 2 amide bonds. The van der Waals surface area contributed by atoms with E-state index < -0.39 is 6.09 Å². The van der Waals surface area contributed by atoms with Gasteiger partial charge in [0.1, 0.15) is 0 Å². The molecule has 0 spiro atoms. The van der Waals surface area contributed by atoms with Gasteiger partial charge in [-0.25, -0.2) is 4.79 Å². The first kappa shape index (κ1) is 15.5.